The summed E-state index contributed by atoms with van der Waals surface area (Å²) >= 11 is 0. The summed E-state index contributed by atoms with van der Waals surface area (Å²) in [6, 6.07) is 9.52. The Labute approximate surface area is 128 Å². The average Bonchev–Trinajstić information content (AvgIpc) is 3.18. The Kier molecular flexibility index (Phi) is 4.22. The maximum Gasteiger partial charge on any atom is 0.224 e. The minimum atomic E-state index is -0.917. The van der Waals surface area contributed by atoms with Crippen LogP contribution in [-0.4, -0.2) is 46.2 Å². The molecule has 3 rings (SSSR count). The number of carbonyl (C=O) groups excluding carboxylic acids is 1. The Morgan fingerprint density at radius 1 is 1.41 bits per heavy atom. The fourth-order valence-corrected chi connectivity index (χ4v) is 2.43. The molecule has 2 aromatic rings. The Morgan fingerprint density at radius 2 is 2.23 bits per heavy atom. The number of nitrogens with zero attached hydrogens (tertiary/aromatic N) is 2. The van der Waals surface area contributed by atoms with Gasteiger partial charge in [-0.3, -0.25) is 4.79 Å². The molecule has 1 fully saturated rings. The molecular formula is C16H19N3O3. The van der Waals surface area contributed by atoms with E-state index in [2.05, 4.69) is 10.4 Å². The number of benzene rings is 1. The van der Waals surface area contributed by atoms with Crippen LogP contribution in [0.1, 0.15) is 12.0 Å². The molecule has 0 radical (unpaired) electrons. The topological polar surface area (TPSA) is 76.4 Å². The molecule has 0 spiro atoms. The van der Waals surface area contributed by atoms with Crippen molar-refractivity contribution in [2.45, 2.75) is 18.4 Å². The van der Waals surface area contributed by atoms with Crippen LogP contribution in [-0.2, 0) is 16.0 Å². The van der Waals surface area contributed by atoms with E-state index in [1.165, 1.54) is 0 Å². The molecule has 2 N–H and O–H groups in total. The molecule has 1 aliphatic heterocycles. The van der Waals surface area contributed by atoms with Crippen LogP contribution in [0.3, 0.4) is 0 Å². The van der Waals surface area contributed by atoms with E-state index in [0.29, 0.717) is 13.0 Å². The first-order valence-corrected chi connectivity index (χ1v) is 7.30. The van der Waals surface area contributed by atoms with Crippen molar-refractivity contribution in [2.24, 2.45) is 0 Å². The highest BCUT2D eigenvalue weighted by Gasteiger charge is 2.32. The lowest BCUT2D eigenvalue weighted by molar-refractivity contribution is -0.121. The summed E-state index contributed by atoms with van der Waals surface area (Å²) in [6.45, 7) is 1.06. The van der Waals surface area contributed by atoms with Crippen LogP contribution in [0.25, 0.3) is 5.69 Å². The van der Waals surface area contributed by atoms with Crippen molar-refractivity contribution in [2.75, 3.05) is 19.8 Å². The minimum Gasteiger partial charge on any atom is -0.386 e. The fraction of sp³-hybridized carbons (Fsp3) is 0.375. The number of aliphatic hydroxyl groups is 1. The normalized spacial score (nSPS) is 21.0. The maximum atomic E-state index is 11.9. The molecule has 0 aliphatic carbocycles. The first-order valence-electron chi connectivity index (χ1n) is 7.30. The van der Waals surface area contributed by atoms with Crippen molar-refractivity contribution in [1.82, 2.24) is 15.1 Å². The van der Waals surface area contributed by atoms with Gasteiger partial charge in [0.2, 0.25) is 5.91 Å². The van der Waals surface area contributed by atoms with Gasteiger partial charge >= 0.3 is 0 Å². The predicted molar refractivity (Wildman–Crippen MR) is 80.7 cm³/mol. The summed E-state index contributed by atoms with van der Waals surface area (Å²) in [5.41, 5.74) is 0.953. The Bertz CT molecular complexity index is 617. The molecule has 6 heteroatoms. The van der Waals surface area contributed by atoms with E-state index in [1.807, 2.05) is 36.5 Å². The lowest BCUT2D eigenvalue weighted by Gasteiger charge is -2.20. The minimum absolute atomic E-state index is 0.104. The van der Waals surface area contributed by atoms with Gasteiger partial charge in [0.15, 0.2) is 0 Å². The van der Waals surface area contributed by atoms with E-state index in [4.69, 9.17) is 4.74 Å². The number of carbonyl (C=O) groups is 1. The predicted octanol–water partition coefficient (Wildman–Crippen LogP) is 0.682. The summed E-state index contributed by atoms with van der Waals surface area (Å²) in [6.07, 6.45) is 4.44. The molecule has 1 amide bonds. The van der Waals surface area contributed by atoms with Crippen LogP contribution >= 0.6 is 0 Å². The molecule has 0 saturated carbocycles. The highest BCUT2D eigenvalue weighted by Crippen LogP contribution is 2.17. The van der Waals surface area contributed by atoms with Gasteiger partial charge in [-0.15, -0.1) is 0 Å². The lowest BCUT2D eigenvalue weighted by atomic mass is 10.0. The van der Waals surface area contributed by atoms with E-state index in [-0.39, 0.29) is 25.5 Å². The van der Waals surface area contributed by atoms with Gasteiger partial charge in [-0.1, -0.05) is 12.1 Å². The van der Waals surface area contributed by atoms with Gasteiger partial charge in [-0.05, 0) is 23.8 Å². The molecule has 6 nitrogen and oxygen atoms in total. The van der Waals surface area contributed by atoms with Crippen LogP contribution in [0.5, 0.6) is 0 Å². The van der Waals surface area contributed by atoms with Gasteiger partial charge < -0.3 is 15.2 Å². The zero-order valence-corrected chi connectivity index (χ0v) is 12.2. The van der Waals surface area contributed by atoms with Gasteiger partial charge in [0.1, 0.15) is 5.60 Å². The third-order valence-corrected chi connectivity index (χ3v) is 3.77. The standard InChI is InChI=1S/C16H19N3O3/c20-15(17-11-16(21)6-9-22-12-16)10-13-2-4-14(5-3-13)19-8-1-7-18-19/h1-5,7-8,21H,6,9-12H2,(H,17,20). The van der Waals surface area contributed by atoms with Crippen LogP contribution in [0.15, 0.2) is 42.7 Å². The maximum absolute atomic E-state index is 11.9. The quantitative estimate of drug-likeness (QED) is 0.851. The zero-order valence-electron chi connectivity index (χ0n) is 12.2. The van der Waals surface area contributed by atoms with Gasteiger partial charge in [-0.25, -0.2) is 4.68 Å². The first-order chi connectivity index (χ1) is 10.6. The number of aromatic nitrogens is 2. The zero-order chi connectivity index (χ0) is 15.4. The fourth-order valence-electron chi connectivity index (χ4n) is 2.43. The second-order valence-electron chi connectivity index (χ2n) is 5.60. The summed E-state index contributed by atoms with van der Waals surface area (Å²) in [5.74, 6) is -0.104. The second kappa shape index (κ2) is 6.29. The molecular weight excluding hydrogens is 282 g/mol. The lowest BCUT2D eigenvalue weighted by Crippen LogP contribution is -2.43. The molecule has 1 saturated heterocycles. The number of nitrogens with one attached hydrogen (secondary N) is 1. The molecule has 1 aliphatic rings. The number of amides is 1. The number of rotatable bonds is 5. The number of hydrogen-bond donors (Lipinski definition) is 2. The van der Waals surface area contributed by atoms with E-state index < -0.39 is 5.60 Å². The highest BCUT2D eigenvalue weighted by molar-refractivity contribution is 5.78. The number of ether oxygens (including phenoxy) is 1. The van der Waals surface area contributed by atoms with Crippen molar-refractivity contribution >= 4 is 5.91 Å². The molecule has 1 atom stereocenters. The van der Waals surface area contributed by atoms with Crippen molar-refractivity contribution in [1.29, 1.82) is 0 Å². The third-order valence-electron chi connectivity index (χ3n) is 3.77. The smallest absolute Gasteiger partial charge is 0.224 e. The molecule has 1 unspecified atom stereocenters. The molecule has 2 heterocycles. The summed E-state index contributed by atoms with van der Waals surface area (Å²) < 4.78 is 6.91. The van der Waals surface area contributed by atoms with Crippen molar-refractivity contribution in [3.8, 4) is 5.69 Å². The summed E-state index contributed by atoms with van der Waals surface area (Å²) in [5, 5.41) is 17.0. The molecule has 0 bridgehead atoms. The second-order valence-corrected chi connectivity index (χ2v) is 5.60. The summed E-state index contributed by atoms with van der Waals surface area (Å²) in [7, 11) is 0. The third kappa shape index (κ3) is 3.52. The van der Waals surface area contributed by atoms with E-state index in [1.54, 1.807) is 10.9 Å². The number of hydrogen-bond acceptors (Lipinski definition) is 4. The SMILES string of the molecule is O=C(Cc1ccc(-n2cccn2)cc1)NCC1(O)CCOC1. The Morgan fingerprint density at radius 3 is 2.86 bits per heavy atom. The van der Waals surface area contributed by atoms with Crippen LogP contribution in [0.4, 0.5) is 0 Å². The van der Waals surface area contributed by atoms with Gasteiger partial charge in [0, 0.05) is 32.0 Å². The monoisotopic (exact) mass is 301 g/mol. The summed E-state index contributed by atoms with van der Waals surface area (Å²) in [4.78, 5) is 11.9. The Balaban J connectivity index is 1.53. The van der Waals surface area contributed by atoms with Crippen molar-refractivity contribution < 1.29 is 14.6 Å². The van der Waals surface area contributed by atoms with Crippen LogP contribution in [0.2, 0.25) is 0 Å². The average molecular weight is 301 g/mol. The molecule has 1 aromatic heterocycles. The molecule has 22 heavy (non-hydrogen) atoms. The largest absolute Gasteiger partial charge is 0.386 e. The highest BCUT2D eigenvalue weighted by atomic mass is 16.5. The van der Waals surface area contributed by atoms with Crippen LogP contribution < -0.4 is 5.32 Å². The van der Waals surface area contributed by atoms with Gasteiger partial charge in [0.05, 0.1) is 18.7 Å². The van der Waals surface area contributed by atoms with Crippen molar-refractivity contribution in [3.05, 3.63) is 48.3 Å². The Hall–Kier alpha value is -2.18. The molecule has 116 valence electrons. The van der Waals surface area contributed by atoms with Gasteiger partial charge in [-0.2, -0.15) is 5.10 Å². The molecule has 1 aromatic carbocycles. The first kappa shape index (κ1) is 14.7. The van der Waals surface area contributed by atoms with Crippen LogP contribution in [0, 0.1) is 0 Å². The van der Waals surface area contributed by atoms with E-state index in [9.17, 15) is 9.90 Å². The van der Waals surface area contributed by atoms with Gasteiger partial charge in [0.25, 0.3) is 0 Å². The van der Waals surface area contributed by atoms with E-state index in [0.717, 1.165) is 11.3 Å². The van der Waals surface area contributed by atoms with E-state index >= 15 is 0 Å². The van der Waals surface area contributed by atoms with Crippen molar-refractivity contribution in [3.63, 3.8) is 0 Å².